The van der Waals surface area contributed by atoms with Crippen molar-refractivity contribution in [3.8, 4) is 0 Å². The Balaban J connectivity index is 2.45. The van der Waals surface area contributed by atoms with E-state index in [0.29, 0.717) is 5.82 Å². The summed E-state index contributed by atoms with van der Waals surface area (Å²) in [7, 11) is 0. The van der Waals surface area contributed by atoms with Crippen LogP contribution in [0.5, 0.6) is 0 Å². The van der Waals surface area contributed by atoms with Gasteiger partial charge in [-0.3, -0.25) is 0 Å². The molecule has 0 saturated heterocycles. The van der Waals surface area contributed by atoms with Crippen molar-refractivity contribution in [1.82, 2.24) is 4.98 Å². The monoisotopic (exact) mass is 250 g/mol. The second kappa shape index (κ2) is 4.11. The average molecular weight is 250 g/mol. The van der Waals surface area contributed by atoms with Gasteiger partial charge in [-0.05, 0) is 38.5 Å². The second-order valence-corrected chi connectivity index (χ2v) is 5.80. The van der Waals surface area contributed by atoms with Crippen LogP contribution in [0.1, 0.15) is 29.3 Å². The molecule has 1 aromatic carbocycles. The highest BCUT2D eigenvalue weighted by Crippen LogP contribution is 2.35. The van der Waals surface area contributed by atoms with Gasteiger partial charge in [0.15, 0.2) is 0 Å². The fourth-order valence-corrected chi connectivity index (χ4v) is 2.62. The highest BCUT2D eigenvalue weighted by Gasteiger charge is 2.27. The first-order valence-electron chi connectivity index (χ1n) is 5.40. The summed E-state index contributed by atoms with van der Waals surface area (Å²) in [5.74, 6) is 0.361. The Morgan fingerprint density at radius 2 is 1.82 bits per heavy atom. The van der Waals surface area contributed by atoms with Gasteiger partial charge in [0.2, 0.25) is 0 Å². The molecule has 2 aromatic rings. The first-order chi connectivity index (χ1) is 7.91. The summed E-state index contributed by atoms with van der Waals surface area (Å²) in [4.78, 5) is 5.41. The lowest BCUT2D eigenvalue weighted by molar-refractivity contribution is 0.612. The summed E-state index contributed by atoms with van der Waals surface area (Å²) in [6, 6.07) is 6.53. The van der Waals surface area contributed by atoms with E-state index in [2.05, 4.69) is 18.8 Å². The third-order valence-corrected chi connectivity index (χ3v) is 4.24. The molecule has 2 rings (SSSR count). The number of nitrogens with two attached hydrogens (primary N) is 1. The van der Waals surface area contributed by atoms with Gasteiger partial charge in [-0.2, -0.15) is 0 Å². The van der Waals surface area contributed by atoms with Crippen LogP contribution < -0.4 is 5.73 Å². The summed E-state index contributed by atoms with van der Waals surface area (Å²) >= 11 is 1.59. The number of rotatable bonds is 2. The normalized spacial score (nSPS) is 11.8. The van der Waals surface area contributed by atoms with Crippen molar-refractivity contribution in [2.45, 2.75) is 26.2 Å². The average Bonchev–Trinajstić information content (AvgIpc) is 2.60. The molecule has 0 aliphatic heterocycles. The number of hydrogen-bond acceptors (Lipinski definition) is 3. The Morgan fingerprint density at radius 1 is 1.24 bits per heavy atom. The Labute approximate surface area is 104 Å². The number of benzene rings is 1. The minimum absolute atomic E-state index is 0.223. The first kappa shape index (κ1) is 12.0. The zero-order valence-electron chi connectivity index (χ0n) is 10.1. The number of aryl methyl sites for hydroxylation is 1. The van der Waals surface area contributed by atoms with Crippen LogP contribution in [0.25, 0.3) is 0 Å². The third-order valence-electron chi connectivity index (χ3n) is 2.93. The molecule has 0 spiro atoms. The summed E-state index contributed by atoms with van der Waals surface area (Å²) in [5, 5.41) is 0.958. The van der Waals surface area contributed by atoms with E-state index in [1.807, 2.05) is 6.92 Å². The van der Waals surface area contributed by atoms with E-state index in [1.54, 1.807) is 23.5 Å². The fraction of sp³-hybridized carbons (Fsp3) is 0.308. The van der Waals surface area contributed by atoms with Crippen molar-refractivity contribution >= 4 is 17.2 Å². The topological polar surface area (TPSA) is 38.9 Å². The van der Waals surface area contributed by atoms with Gasteiger partial charge in [-0.1, -0.05) is 12.1 Å². The molecular formula is C13H15FN2S. The van der Waals surface area contributed by atoms with E-state index in [1.165, 1.54) is 12.1 Å². The summed E-state index contributed by atoms with van der Waals surface area (Å²) in [6.07, 6.45) is 0. The Hall–Kier alpha value is -1.42. The Bertz CT molecular complexity index is 509. The maximum absolute atomic E-state index is 12.9. The zero-order valence-corrected chi connectivity index (χ0v) is 10.9. The maximum atomic E-state index is 12.9. The highest BCUT2D eigenvalue weighted by atomic mass is 32.1. The largest absolute Gasteiger partial charge is 0.383 e. The molecule has 1 heterocycles. The number of halogens is 1. The van der Waals surface area contributed by atoms with Crippen LogP contribution >= 0.6 is 11.3 Å². The van der Waals surface area contributed by atoms with Gasteiger partial charge in [0, 0.05) is 10.3 Å². The lowest BCUT2D eigenvalue weighted by atomic mass is 9.85. The van der Waals surface area contributed by atoms with Gasteiger partial charge in [-0.15, -0.1) is 11.3 Å². The number of hydrogen-bond donors (Lipinski definition) is 1. The summed E-state index contributed by atoms with van der Waals surface area (Å²) in [5.41, 5.74) is 6.56. The number of aromatic nitrogens is 1. The predicted octanol–water partition coefficient (Wildman–Crippen LogP) is 3.50. The molecule has 0 saturated carbocycles. The zero-order chi connectivity index (χ0) is 12.6. The molecule has 1 aromatic heterocycles. The molecule has 0 radical (unpaired) electrons. The molecule has 0 atom stereocenters. The Kier molecular flexibility index (Phi) is 2.91. The SMILES string of the molecule is Cc1sc(C(C)(C)c2ccc(F)cc2)nc1N. The van der Waals surface area contributed by atoms with Gasteiger partial charge < -0.3 is 5.73 Å². The lowest BCUT2D eigenvalue weighted by Gasteiger charge is -2.22. The van der Waals surface area contributed by atoms with Gasteiger partial charge in [0.25, 0.3) is 0 Å². The number of thiazole rings is 1. The van der Waals surface area contributed by atoms with Crippen molar-refractivity contribution in [2.24, 2.45) is 0 Å². The van der Waals surface area contributed by atoms with Gasteiger partial charge in [0.1, 0.15) is 16.6 Å². The number of nitrogen functional groups attached to an aromatic ring is 1. The van der Waals surface area contributed by atoms with Crippen LogP contribution in [0.3, 0.4) is 0 Å². The van der Waals surface area contributed by atoms with Crippen molar-refractivity contribution < 1.29 is 4.39 Å². The van der Waals surface area contributed by atoms with E-state index in [0.717, 1.165) is 15.4 Å². The quantitative estimate of drug-likeness (QED) is 0.886. The van der Waals surface area contributed by atoms with Gasteiger partial charge in [0.05, 0.1) is 0 Å². The van der Waals surface area contributed by atoms with Gasteiger partial charge >= 0.3 is 0 Å². The van der Waals surface area contributed by atoms with Crippen molar-refractivity contribution in [1.29, 1.82) is 0 Å². The molecule has 0 aliphatic rings. The molecule has 4 heteroatoms. The van der Waals surface area contributed by atoms with Crippen LogP contribution in [-0.2, 0) is 5.41 Å². The minimum Gasteiger partial charge on any atom is -0.383 e. The lowest BCUT2D eigenvalue weighted by Crippen LogP contribution is -2.18. The molecule has 0 bridgehead atoms. The number of anilines is 1. The first-order valence-corrected chi connectivity index (χ1v) is 6.22. The van der Waals surface area contributed by atoms with E-state index >= 15 is 0 Å². The van der Waals surface area contributed by atoms with E-state index < -0.39 is 0 Å². The molecule has 2 N–H and O–H groups in total. The molecule has 17 heavy (non-hydrogen) atoms. The molecule has 0 amide bonds. The smallest absolute Gasteiger partial charge is 0.137 e. The van der Waals surface area contributed by atoms with Crippen molar-refractivity contribution in [3.63, 3.8) is 0 Å². The summed E-state index contributed by atoms with van der Waals surface area (Å²) in [6.45, 7) is 6.09. The van der Waals surface area contributed by atoms with Crippen LogP contribution in [-0.4, -0.2) is 4.98 Å². The van der Waals surface area contributed by atoms with Crippen LogP contribution in [0.4, 0.5) is 10.2 Å². The molecule has 90 valence electrons. The van der Waals surface area contributed by atoms with Crippen LogP contribution in [0.15, 0.2) is 24.3 Å². The predicted molar refractivity (Wildman–Crippen MR) is 69.8 cm³/mol. The second-order valence-electron chi connectivity index (χ2n) is 4.59. The number of nitrogens with zero attached hydrogens (tertiary/aromatic N) is 1. The van der Waals surface area contributed by atoms with Crippen LogP contribution in [0.2, 0.25) is 0 Å². The standard InChI is InChI=1S/C13H15FN2S/c1-8-11(15)16-12(17-8)13(2,3)9-4-6-10(14)7-5-9/h4-7H,15H2,1-3H3. The molecule has 2 nitrogen and oxygen atoms in total. The Morgan fingerprint density at radius 3 is 2.29 bits per heavy atom. The fourth-order valence-electron chi connectivity index (χ4n) is 1.67. The van der Waals surface area contributed by atoms with Crippen LogP contribution in [0, 0.1) is 12.7 Å². The van der Waals surface area contributed by atoms with Crippen molar-refractivity contribution in [3.05, 3.63) is 45.5 Å². The van der Waals surface area contributed by atoms with Crippen molar-refractivity contribution in [2.75, 3.05) is 5.73 Å². The van der Waals surface area contributed by atoms with Gasteiger partial charge in [-0.25, -0.2) is 9.37 Å². The van der Waals surface area contributed by atoms with E-state index in [-0.39, 0.29) is 11.2 Å². The van der Waals surface area contributed by atoms with E-state index in [9.17, 15) is 4.39 Å². The molecule has 0 aliphatic carbocycles. The summed E-state index contributed by atoms with van der Waals surface area (Å²) < 4.78 is 12.9. The molecule has 0 fully saturated rings. The third kappa shape index (κ3) is 2.17. The highest BCUT2D eigenvalue weighted by molar-refractivity contribution is 7.12. The molecule has 0 unspecified atom stereocenters. The molecular weight excluding hydrogens is 235 g/mol. The van der Waals surface area contributed by atoms with E-state index in [4.69, 9.17) is 5.73 Å². The minimum atomic E-state index is -0.249. The maximum Gasteiger partial charge on any atom is 0.137 e.